The Balaban J connectivity index is 5.05. The molecule has 0 saturated carbocycles. The van der Waals surface area contributed by atoms with Gasteiger partial charge in [0.05, 0.1) is 0 Å². The van der Waals surface area contributed by atoms with E-state index in [1.807, 2.05) is 0 Å². The molecule has 5 nitrogen and oxygen atoms in total. The van der Waals surface area contributed by atoms with Gasteiger partial charge >= 0.3 is 9.06 Å². The molecule has 0 aliphatic rings. The van der Waals surface area contributed by atoms with Gasteiger partial charge in [0.1, 0.15) is 0 Å². The molecule has 11 heavy (non-hydrogen) atoms. The van der Waals surface area contributed by atoms with Crippen LogP contribution in [0.1, 0.15) is 0 Å². The standard InChI is InChI=1S/CH2F3NO4S2/c2-1-10(4,6)11(7,8)5-9-3/h1,5H. The number of hydrogen-bond acceptors (Lipinski definition) is 4. The molecule has 0 aliphatic carbocycles. The third-order valence-electron chi connectivity index (χ3n) is 0.539. The van der Waals surface area contributed by atoms with E-state index >= 15 is 0 Å². The maximum Gasteiger partial charge on any atom is 0.338 e. The Labute approximate surface area is 59.8 Å². The topological polar surface area (TPSA) is 72.5 Å². The number of hydrogen-bond donors (Lipinski definition) is 1. The van der Waals surface area contributed by atoms with Crippen molar-refractivity contribution in [2.24, 2.45) is 0 Å². The van der Waals surface area contributed by atoms with Gasteiger partial charge in [0.2, 0.25) is 0 Å². The van der Waals surface area contributed by atoms with Gasteiger partial charge in [-0.3, -0.25) is 0 Å². The molecule has 0 aromatic carbocycles. The van der Waals surface area contributed by atoms with E-state index in [0.29, 0.717) is 4.89 Å². The van der Waals surface area contributed by atoms with Crippen molar-refractivity contribution < 1.29 is 30.5 Å². The summed E-state index contributed by atoms with van der Waals surface area (Å²) in [6, 6.07) is 0. The van der Waals surface area contributed by atoms with Gasteiger partial charge in [-0.15, -0.1) is 3.89 Å². The fourth-order valence-electron chi connectivity index (χ4n) is 0.133. The zero-order valence-corrected chi connectivity index (χ0v) is 6.29. The second kappa shape index (κ2) is 3.38. The maximum absolute atomic E-state index is 12.0. The average molecular weight is 213 g/mol. The lowest BCUT2D eigenvalue weighted by Gasteiger charge is -1.97. The van der Waals surface area contributed by atoms with Crippen LogP contribution in [-0.2, 0) is 23.0 Å². The fourth-order valence-corrected chi connectivity index (χ4v) is 1.04. The molecule has 0 spiro atoms. The van der Waals surface area contributed by atoms with Crippen LogP contribution < -0.4 is 4.89 Å². The highest BCUT2D eigenvalue weighted by molar-refractivity contribution is 8.68. The van der Waals surface area contributed by atoms with E-state index in [4.69, 9.17) is 0 Å². The predicted molar refractivity (Wildman–Crippen MR) is 30.7 cm³/mol. The van der Waals surface area contributed by atoms with Crippen LogP contribution in [-0.4, -0.2) is 18.2 Å². The molecule has 1 N–H and O–H groups in total. The first-order valence-corrected chi connectivity index (χ1v) is 5.36. The number of halogens is 3. The number of nitrogens with one attached hydrogen (secondary N) is 1. The first kappa shape index (κ1) is 10.7. The fraction of sp³-hybridized carbons (Fsp3) is 0. The molecule has 10 heteroatoms. The van der Waals surface area contributed by atoms with Crippen LogP contribution in [0.5, 0.6) is 0 Å². The summed E-state index contributed by atoms with van der Waals surface area (Å²) in [6.07, 6.45) is 0. The Morgan fingerprint density at radius 3 is 2.09 bits per heavy atom. The second-order valence-corrected chi connectivity index (χ2v) is 6.06. The molecule has 0 aromatic heterocycles. The Morgan fingerprint density at radius 2 is 1.82 bits per heavy atom. The Kier molecular flexibility index (Phi) is 3.29. The monoisotopic (exact) mass is 213 g/mol. The summed E-state index contributed by atoms with van der Waals surface area (Å²) in [5, 5.41) is 2.25. The Bertz CT molecular complexity index is 325. The van der Waals surface area contributed by atoms with Crippen molar-refractivity contribution in [1.29, 1.82) is 0 Å². The molecular weight excluding hydrogens is 211 g/mol. The van der Waals surface area contributed by atoms with Crippen LogP contribution in [0.3, 0.4) is 0 Å². The molecule has 0 fully saturated rings. The molecule has 68 valence electrons. The van der Waals surface area contributed by atoms with Gasteiger partial charge in [0.15, 0.2) is 5.62 Å². The quantitative estimate of drug-likeness (QED) is 0.298. The maximum atomic E-state index is 12.0. The summed E-state index contributed by atoms with van der Waals surface area (Å²) in [4.78, 5) is 0.397. The van der Waals surface area contributed by atoms with Crippen molar-refractivity contribution in [3.05, 3.63) is 0 Å². The molecule has 0 amide bonds. The van der Waals surface area contributed by atoms with E-state index < -0.39 is 23.6 Å². The van der Waals surface area contributed by atoms with Gasteiger partial charge in [-0.05, 0) is 9.41 Å². The Hall–Kier alpha value is -0.320. The SMILES string of the molecule is O=S(=O)(NOF)S(=O)(F)=CF. The Morgan fingerprint density at radius 1 is 1.36 bits per heavy atom. The normalized spacial score (nSPS) is 17.4. The van der Waals surface area contributed by atoms with Gasteiger partial charge < -0.3 is 0 Å². The van der Waals surface area contributed by atoms with Crippen LogP contribution >= 0.6 is 0 Å². The lowest BCUT2D eigenvalue weighted by molar-refractivity contribution is -0.162. The number of rotatable bonds is 3. The average Bonchev–Trinajstić information content (AvgIpc) is 1.87. The molecule has 1 atom stereocenters. The van der Waals surface area contributed by atoms with Crippen LogP contribution in [0.25, 0.3) is 0 Å². The van der Waals surface area contributed by atoms with Crippen LogP contribution in [0.4, 0.5) is 12.8 Å². The molecule has 0 rings (SSSR count). The van der Waals surface area contributed by atoms with E-state index in [-0.39, 0.29) is 0 Å². The molecule has 0 aliphatic heterocycles. The van der Waals surface area contributed by atoms with E-state index in [0.717, 1.165) is 0 Å². The lowest BCUT2D eigenvalue weighted by Crippen LogP contribution is -2.27. The van der Waals surface area contributed by atoms with Gasteiger partial charge in [0.25, 0.3) is 8.94 Å². The summed E-state index contributed by atoms with van der Waals surface area (Å²) in [5.74, 6) is 0. The smallest absolute Gasteiger partial charge is 0.215 e. The van der Waals surface area contributed by atoms with Crippen LogP contribution in [0.15, 0.2) is 0 Å². The first-order chi connectivity index (χ1) is 4.87. The molecular formula is CH2F3NO4S2. The summed E-state index contributed by atoms with van der Waals surface area (Å²) in [5.41, 5.74) is -1.21. The molecule has 0 aromatic rings. The highest BCUT2D eigenvalue weighted by Crippen LogP contribution is 2.03. The van der Waals surface area contributed by atoms with Crippen LogP contribution in [0, 0.1) is 0 Å². The van der Waals surface area contributed by atoms with Gasteiger partial charge in [-0.1, -0.05) is 5.04 Å². The van der Waals surface area contributed by atoms with Gasteiger partial charge in [0, 0.05) is 0 Å². The minimum Gasteiger partial charge on any atom is -0.215 e. The second-order valence-electron chi connectivity index (χ2n) is 1.18. The third kappa shape index (κ3) is 2.32. The minimum atomic E-state index is -5.41. The van der Waals surface area contributed by atoms with Crippen molar-refractivity contribution in [2.45, 2.75) is 0 Å². The highest BCUT2D eigenvalue weighted by atomic mass is 33.2. The first-order valence-electron chi connectivity index (χ1n) is 1.84. The summed E-state index contributed by atoms with van der Waals surface area (Å²) in [6.45, 7) is 0. The van der Waals surface area contributed by atoms with E-state index in [1.165, 1.54) is 0 Å². The summed E-state index contributed by atoms with van der Waals surface area (Å²) >= 11 is 0. The summed E-state index contributed by atoms with van der Waals surface area (Å²) < 4.78 is 64.1. The van der Waals surface area contributed by atoms with Crippen molar-refractivity contribution in [3.8, 4) is 0 Å². The molecule has 0 heterocycles. The molecule has 0 saturated heterocycles. The highest BCUT2D eigenvalue weighted by Gasteiger charge is 2.26. The largest absolute Gasteiger partial charge is 0.338 e. The molecule has 0 radical (unpaired) electrons. The van der Waals surface area contributed by atoms with Crippen molar-refractivity contribution in [2.75, 3.05) is 0 Å². The lowest BCUT2D eigenvalue weighted by atomic mass is 11.8. The van der Waals surface area contributed by atoms with E-state index in [9.17, 15) is 25.4 Å². The van der Waals surface area contributed by atoms with Crippen molar-refractivity contribution in [1.82, 2.24) is 4.89 Å². The third-order valence-corrected chi connectivity index (χ3v) is 3.83. The van der Waals surface area contributed by atoms with Crippen molar-refractivity contribution >= 4 is 23.6 Å². The predicted octanol–water partition coefficient (Wildman–Crippen LogP) is -0.465. The minimum absolute atomic E-state index is 0.397. The van der Waals surface area contributed by atoms with E-state index in [2.05, 4.69) is 5.04 Å². The van der Waals surface area contributed by atoms with Gasteiger partial charge in [-0.2, -0.15) is 8.42 Å². The van der Waals surface area contributed by atoms with Gasteiger partial charge in [-0.25, -0.2) is 8.60 Å². The van der Waals surface area contributed by atoms with E-state index in [1.54, 1.807) is 0 Å². The zero-order valence-electron chi connectivity index (χ0n) is 4.66. The van der Waals surface area contributed by atoms with Crippen molar-refractivity contribution in [3.63, 3.8) is 0 Å². The zero-order chi connectivity index (χ0) is 9.12. The summed E-state index contributed by atoms with van der Waals surface area (Å²) in [7, 11) is -10.7. The van der Waals surface area contributed by atoms with Crippen LogP contribution in [0.2, 0.25) is 0 Å². The molecule has 1 unspecified atom stereocenters. The molecule has 0 bridgehead atoms.